The second kappa shape index (κ2) is 9.60. The molecule has 0 radical (unpaired) electrons. The number of urea groups is 1. The number of rotatable bonds is 6. The fourth-order valence-corrected chi connectivity index (χ4v) is 4.80. The van der Waals surface area contributed by atoms with E-state index < -0.39 is 30.2 Å². The molecule has 0 aliphatic carbocycles. The Hall–Kier alpha value is -3.94. The zero-order chi connectivity index (χ0) is 26.2. The number of nitrogens with zero attached hydrogens (tertiary/aromatic N) is 2. The number of hydrogen-bond donors (Lipinski definition) is 2. The predicted molar refractivity (Wildman–Crippen MR) is 140 cm³/mol. The van der Waals surface area contributed by atoms with E-state index in [1.165, 1.54) is 12.1 Å². The van der Waals surface area contributed by atoms with Gasteiger partial charge in [0.2, 0.25) is 5.91 Å². The maximum atomic E-state index is 15.2. The molecule has 0 unspecified atom stereocenters. The van der Waals surface area contributed by atoms with E-state index in [0.29, 0.717) is 5.69 Å². The van der Waals surface area contributed by atoms with Crippen LogP contribution in [0, 0.1) is 12.7 Å². The first-order valence-electron chi connectivity index (χ1n) is 12.0. The van der Waals surface area contributed by atoms with Gasteiger partial charge in [0.15, 0.2) is 0 Å². The number of fused-ring (bicyclic) bond motifs is 1. The van der Waals surface area contributed by atoms with Crippen LogP contribution in [0.1, 0.15) is 50.8 Å². The number of anilines is 2. The summed E-state index contributed by atoms with van der Waals surface area (Å²) in [5.41, 5.74) is 4.08. The lowest BCUT2D eigenvalue weighted by Gasteiger charge is -2.43. The molecule has 0 saturated carbocycles. The maximum absolute atomic E-state index is 15.2. The molecule has 7 nitrogen and oxygen atoms in total. The van der Waals surface area contributed by atoms with Crippen molar-refractivity contribution in [1.82, 2.24) is 10.2 Å². The quantitative estimate of drug-likeness (QED) is 0.437. The third-order valence-electron chi connectivity index (χ3n) is 6.41. The standard InChI is InChI=1S/C28H31FN4O3/c1-6-10-33-24-14-22(29)19(12-21(24)18(3)15-28(33,4)5)13-23-26(35)32(27(36)31-23)16-25(34)30-20-9-7-8-17(2)11-20/h7-9,11-15H,6,10,16H2,1-5H3,(H,30,34)(H,31,36)/b23-13+. The third-order valence-corrected chi connectivity index (χ3v) is 6.41. The second-order valence-corrected chi connectivity index (χ2v) is 9.82. The molecule has 8 heteroatoms. The second-order valence-electron chi connectivity index (χ2n) is 9.82. The van der Waals surface area contributed by atoms with E-state index in [4.69, 9.17) is 0 Å². The first-order chi connectivity index (χ1) is 17.0. The first-order valence-corrected chi connectivity index (χ1v) is 12.0. The van der Waals surface area contributed by atoms with Gasteiger partial charge in [-0.15, -0.1) is 0 Å². The number of hydrogen-bond acceptors (Lipinski definition) is 4. The lowest BCUT2D eigenvalue weighted by Crippen LogP contribution is -2.45. The van der Waals surface area contributed by atoms with Crippen molar-refractivity contribution >= 4 is 40.9 Å². The Balaban J connectivity index is 1.57. The molecular weight excluding hydrogens is 459 g/mol. The Morgan fingerprint density at radius 3 is 2.61 bits per heavy atom. The van der Waals surface area contributed by atoms with Crippen molar-refractivity contribution in [2.75, 3.05) is 23.3 Å². The minimum Gasteiger partial charge on any atom is -0.362 e. The zero-order valence-corrected chi connectivity index (χ0v) is 21.2. The van der Waals surface area contributed by atoms with Gasteiger partial charge in [0.25, 0.3) is 5.91 Å². The van der Waals surface area contributed by atoms with Crippen LogP contribution in [0.3, 0.4) is 0 Å². The van der Waals surface area contributed by atoms with Gasteiger partial charge in [0.1, 0.15) is 18.1 Å². The summed E-state index contributed by atoms with van der Waals surface area (Å²) in [4.78, 5) is 40.8. The normalized spacial score (nSPS) is 17.7. The van der Waals surface area contributed by atoms with Gasteiger partial charge < -0.3 is 15.5 Å². The number of carbonyl (C=O) groups excluding carboxylic acids is 3. The molecular formula is C28H31FN4O3. The number of imide groups is 1. The molecule has 2 aliphatic heterocycles. The van der Waals surface area contributed by atoms with E-state index in [1.54, 1.807) is 24.3 Å². The molecule has 1 fully saturated rings. The minimum atomic E-state index is -0.726. The lowest BCUT2D eigenvalue weighted by molar-refractivity contribution is -0.127. The molecule has 0 atom stereocenters. The van der Waals surface area contributed by atoms with Gasteiger partial charge in [-0.05, 0) is 75.6 Å². The predicted octanol–water partition coefficient (Wildman–Crippen LogP) is 5.08. The average Bonchev–Trinajstić information content (AvgIpc) is 3.04. The molecule has 2 aromatic rings. The van der Waals surface area contributed by atoms with E-state index >= 15 is 4.39 Å². The minimum absolute atomic E-state index is 0.0783. The van der Waals surface area contributed by atoms with E-state index in [0.717, 1.165) is 40.3 Å². The summed E-state index contributed by atoms with van der Waals surface area (Å²) in [5.74, 6) is -1.69. The molecule has 2 aromatic carbocycles. The fraction of sp³-hybridized carbons (Fsp3) is 0.321. The fourth-order valence-electron chi connectivity index (χ4n) is 4.80. The molecule has 188 valence electrons. The number of allylic oxidation sites excluding steroid dienone is 1. The molecule has 0 aromatic heterocycles. The summed E-state index contributed by atoms with van der Waals surface area (Å²) in [6.07, 6.45) is 4.39. The maximum Gasteiger partial charge on any atom is 0.329 e. The Kier molecular flexibility index (Phi) is 6.71. The Morgan fingerprint density at radius 2 is 1.92 bits per heavy atom. The molecule has 2 heterocycles. The monoisotopic (exact) mass is 490 g/mol. The molecule has 2 N–H and O–H groups in total. The van der Waals surface area contributed by atoms with Gasteiger partial charge in [0.05, 0.1) is 5.54 Å². The van der Waals surface area contributed by atoms with Crippen LogP contribution >= 0.6 is 0 Å². The molecule has 4 amide bonds. The van der Waals surface area contributed by atoms with Crippen LogP contribution in [0.4, 0.5) is 20.6 Å². The zero-order valence-electron chi connectivity index (χ0n) is 21.2. The summed E-state index contributed by atoms with van der Waals surface area (Å²) in [5, 5.41) is 5.15. The van der Waals surface area contributed by atoms with Crippen molar-refractivity contribution in [2.24, 2.45) is 0 Å². The van der Waals surface area contributed by atoms with Gasteiger partial charge in [-0.3, -0.25) is 9.59 Å². The van der Waals surface area contributed by atoms with Gasteiger partial charge in [-0.1, -0.05) is 25.1 Å². The average molecular weight is 491 g/mol. The summed E-state index contributed by atoms with van der Waals surface area (Å²) in [7, 11) is 0. The summed E-state index contributed by atoms with van der Waals surface area (Å²) in [6.45, 7) is 10.5. The lowest BCUT2D eigenvalue weighted by atomic mass is 9.87. The Bertz CT molecular complexity index is 1310. The number of carbonyl (C=O) groups is 3. The summed E-state index contributed by atoms with van der Waals surface area (Å²) in [6, 6.07) is 9.66. The summed E-state index contributed by atoms with van der Waals surface area (Å²) < 4.78 is 15.2. The van der Waals surface area contributed by atoms with Gasteiger partial charge in [0, 0.05) is 29.0 Å². The molecule has 1 saturated heterocycles. The molecule has 2 aliphatic rings. The van der Waals surface area contributed by atoms with E-state index in [1.807, 2.05) is 19.9 Å². The van der Waals surface area contributed by atoms with Crippen molar-refractivity contribution in [2.45, 2.75) is 46.6 Å². The highest BCUT2D eigenvalue weighted by atomic mass is 19.1. The largest absolute Gasteiger partial charge is 0.362 e. The number of aryl methyl sites for hydroxylation is 1. The van der Waals surface area contributed by atoms with Crippen LogP contribution in [0.25, 0.3) is 11.6 Å². The van der Waals surface area contributed by atoms with Gasteiger partial charge in [-0.25, -0.2) is 14.1 Å². The smallest absolute Gasteiger partial charge is 0.329 e. The third kappa shape index (κ3) is 4.89. The number of nitrogens with one attached hydrogen (secondary N) is 2. The van der Waals surface area contributed by atoms with Crippen molar-refractivity contribution < 1.29 is 18.8 Å². The van der Waals surface area contributed by atoms with Crippen LogP contribution < -0.4 is 15.5 Å². The van der Waals surface area contributed by atoms with Crippen molar-refractivity contribution in [3.63, 3.8) is 0 Å². The number of halogens is 1. The van der Waals surface area contributed by atoms with Crippen molar-refractivity contribution in [3.05, 3.63) is 70.7 Å². The van der Waals surface area contributed by atoms with Crippen LogP contribution in [-0.4, -0.2) is 41.4 Å². The van der Waals surface area contributed by atoms with Crippen LogP contribution in [0.15, 0.2) is 48.2 Å². The SMILES string of the molecule is CCCN1c2cc(F)c(/C=C3/NC(=O)N(CC(=O)Nc4cccc(C)c4)C3=O)cc2C(C)=CC1(C)C. The Labute approximate surface area is 210 Å². The highest BCUT2D eigenvalue weighted by Crippen LogP contribution is 2.40. The van der Waals surface area contributed by atoms with E-state index in [9.17, 15) is 14.4 Å². The van der Waals surface area contributed by atoms with Crippen LogP contribution in [0.2, 0.25) is 0 Å². The summed E-state index contributed by atoms with van der Waals surface area (Å²) >= 11 is 0. The van der Waals surface area contributed by atoms with Crippen molar-refractivity contribution in [3.8, 4) is 0 Å². The molecule has 0 spiro atoms. The molecule has 0 bridgehead atoms. The van der Waals surface area contributed by atoms with E-state index in [-0.39, 0.29) is 16.8 Å². The highest BCUT2D eigenvalue weighted by Gasteiger charge is 2.36. The Morgan fingerprint density at radius 1 is 1.17 bits per heavy atom. The van der Waals surface area contributed by atoms with Crippen LogP contribution in [-0.2, 0) is 9.59 Å². The van der Waals surface area contributed by atoms with E-state index in [2.05, 4.69) is 42.4 Å². The van der Waals surface area contributed by atoms with Crippen LogP contribution in [0.5, 0.6) is 0 Å². The topological polar surface area (TPSA) is 81.8 Å². The highest BCUT2D eigenvalue weighted by molar-refractivity contribution is 6.16. The van der Waals surface area contributed by atoms with Gasteiger partial charge >= 0.3 is 6.03 Å². The molecule has 36 heavy (non-hydrogen) atoms. The molecule has 4 rings (SSSR count). The van der Waals surface area contributed by atoms with Crippen molar-refractivity contribution in [1.29, 1.82) is 0 Å². The number of benzene rings is 2. The first kappa shape index (κ1) is 25.2. The number of amides is 4. The van der Waals surface area contributed by atoms with Gasteiger partial charge in [-0.2, -0.15) is 0 Å².